The van der Waals surface area contributed by atoms with Crippen molar-refractivity contribution in [3.8, 4) is 6.07 Å². The van der Waals surface area contributed by atoms with E-state index in [1.165, 1.54) is 36.4 Å². The number of imide groups is 1. The Kier molecular flexibility index (Phi) is 6.25. The molecule has 0 saturated heterocycles. The van der Waals surface area contributed by atoms with E-state index in [4.69, 9.17) is 28.5 Å². The molecule has 2 aromatic rings. The van der Waals surface area contributed by atoms with Gasteiger partial charge in [0.15, 0.2) is 0 Å². The molecule has 1 heterocycles. The quantitative estimate of drug-likeness (QED) is 0.618. The lowest BCUT2D eigenvalue weighted by molar-refractivity contribution is -0.162. The van der Waals surface area contributed by atoms with E-state index in [2.05, 4.69) is 0 Å². The second-order valence-corrected chi connectivity index (χ2v) is 7.50. The second-order valence-electron chi connectivity index (χ2n) is 6.68. The first kappa shape index (κ1) is 22.6. The fourth-order valence-electron chi connectivity index (χ4n) is 3.02. The number of alkyl halides is 3. The van der Waals surface area contributed by atoms with Crippen molar-refractivity contribution in [1.29, 1.82) is 5.26 Å². The van der Waals surface area contributed by atoms with Crippen LogP contribution in [0.2, 0.25) is 10.0 Å². The van der Waals surface area contributed by atoms with Gasteiger partial charge in [0.25, 0.3) is 11.8 Å². The third-order valence-corrected chi connectivity index (χ3v) is 5.21. The lowest BCUT2D eigenvalue weighted by Crippen LogP contribution is -2.45. The smallest absolute Gasteiger partial charge is 0.328 e. The predicted molar refractivity (Wildman–Crippen MR) is 104 cm³/mol. The first-order valence-corrected chi connectivity index (χ1v) is 9.44. The van der Waals surface area contributed by atoms with Gasteiger partial charge in [-0.25, -0.2) is 0 Å². The van der Waals surface area contributed by atoms with E-state index in [9.17, 15) is 27.6 Å². The Morgan fingerprint density at radius 1 is 1.03 bits per heavy atom. The summed E-state index contributed by atoms with van der Waals surface area (Å²) in [5.41, 5.74) is 0.488. The molecule has 0 saturated carbocycles. The molecule has 1 aliphatic heterocycles. The van der Waals surface area contributed by atoms with Crippen molar-refractivity contribution in [3.05, 3.63) is 68.7 Å². The highest BCUT2D eigenvalue weighted by molar-refractivity contribution is 6.43. The highest BCUT2D eigenvalue weighted by atomic mass is 35.5. The maximum Gasteiger partial charge on any atom is 0.406 e. The topological polar surface area (TPSA) is 81.5 Å². The number of amides is 3. The van der Waals surface area contributed by atoms with Crippen LogP contribution >= 0.6 is 23.2 Å². The van der Waals surface area contributed by atoms with E-state index in [0.29, 0.717) is 20.9 Å². The van der Waals surface area contributed by atoms with Crippen molar-refractivity contribution >= 4 is 40.9 Å². The van der Waals surface area contributed by atoms with Crippen LogP contribution in [0.5, 0.6) is 0 Å². The van der Waals surface area contributed by atoms with E-state index in [0.717, 1.165) is 0 Å². The molecule has 0 fully saturated rings. The average Bonchev–Trinajstić information content (AvgIpc) is 2.92. The van der Waals surface area contributed by atoms with E-state index < -0.39 is 43.5 Å². The maximum atomic E-state index is 13.0. The minimum atomic E-state index is -4.70. The van der Waals surface area contributed by atoms with Gasteiger partial charge in [0.1, 0.15) is 13.1 Å². The highest BCUT2D eigenvalue weighted by Gasteiger charge is 2.40. The monoisotopic (exact) mass is 469 g/mol. The molecule has 0 radical (unpaired) electrons. The molecule has 31 heavy (non-hydrogen) atoms. The Balaban J connectivity index is 1.82. The van der Waals surface area contributed by atoms with Gasteiger partial charge in [-0.1, -0.05) is 35.3 Å². The number of carbonyl (C=O) groups excluding carboxylic acids is 3. The van der Waals surface area contributed by atoms with Gasteiger partial charge in [-0.05, 0) is 29.8 Å². The van der Waals surface area contributed by atoms with Crippen LogP contribution in [-0.2, 0) is 11.3 Å². The van der Waals surface area contributed by atoms with Gasteiger partial charge in [-0.2, -0.15) is 18.4 Å². The minimum Gasteiger partial charge on any atom is -0.328 e. The van der Waals surface area contributed by atoms with Crippen LogP contribution in [0, 0.1) is 11.3 Å². The molecule has 2 aromatic carbocycles. The molecule has 11 heteroatoms. The molecule has 3 rings (SSSR count). The Labute approximate surface area is 184 Å². The van der Waals surface area contributed by atoms with E-state index in [-0.39, 0.29) is 21.2 Å². The van der Waals surface area contributed by atoms with E-state index in [1.807, 2.05) is 6.07 Å². The minimum absolute atomic E-state index is 0.0225. The predicted octanol–water partition coefficient (Wildman–Crippen LogP) is 4.05. The maximum absolute atomic E-state index is 13.0. The van der Waals surface area contributed by atoms with Gasteiger partial charge < -0.3 is 4.90 Å². The SMILES string of the molecule is N#Cc1ccc(CN(CC(F)(F)F)C(=O)CN2C(=O)c3cc(Cl)c(Cl)cc3C2=O)cc1. The second kappa shape index (κ2) is 8.57. The number of nitrogens with zero attached hydrogens (tertiary/aromatic N) is 3. The van der Waals surface area contributed by atoms with Crippen LogP contribution in [0.3, 0.4) is 0 Å². The van der Waals surface area contributed by atoms with Gasteiger partial charge in [0.05, 0.1) is 32.8 Å². The molecule has 0 bridgehead atoms. The van der Waals surface area contributed by atoms with Crippen LogP contribution in [0.15, 0.2) is 36.4 Å². The number of hydrogen-bond donors (Lipinski definition) is 0. The molecule has 0 spiro atoms. The fourth-order valence-corrected chi connectivity index (χ4v) is 3.34. The zero-order valence-corrected chi connectivity index (χ0v) is 17.1. The summed E-state index contributed by atoms with van der Waals surface area (Å²) >= 11 is 11.7. The normalized spacial score (nSPS) is 13.2. The van der Waals surface area contributed by atoms with Crippen molar-refractivity contribution < 1.29 is 27.6 Å². The molecular formula is C20H12Cl2F3N3O3. The number of fused-ring (bicyclic) bond motifs is 1. The molecule has 6 nitrogen and oxygen atoms in total. The molecule has 3 amide bonds. The summed E-state index contributed by atoms with van der Waals surface area (Å²) in [7, 11) is 0. The highest BCUT2D eigenvalue weighted by Crippen LogP contribution is 2.31. The standard InChI is InChI=1S/C20H12Cl2F3N3O3/c21-15-5-13-14(6-16(15)22)19(31)28(18(13)30)9-17(29)27(10-20(23,24)25)8-12-3-1-11(7-26)2-4-12/h1-6H,8-10H2. The van der Waals surface area contributed by atoms with Crippen molar-refractivity contribution in [3.63, 3.8) is 0 Å². The number of benzene rings is 2. The number of nitriles is 1. The summed E-state index contributed by atoms with van der Waals surface area (Å²) in [6.45, 7) is -2.88. The van der Waals surface area contributed by atoms with Crippen LogP contribution in [0.4, 0.5) is 13.2 Å². The summed E-state index contributed by atoms with van der Waals surface area (Å²) in [4.78, 5) is 38.7. The van der Waals surface area contributed by atoms with Crippen molar-refractivity contribution in [2.75, 3.05) is 13.1 Å². The zero-order chi connectivity index (χ0) is 22.9. The lowest BCUT2D eigenvalue weighted by Gasteiger charge is -2.26. The van der Waals surface area contributed by atoms with Crippen LogP contribution in [-0.4, -0.2) is 46.8 Å². The van der Waals surface area contributed by atoms with Gasteiger partial charge in [0, 0.05) is 6.54 Å². The lowest BCUT2D eigenvalue weighted by atomic mass is 10.1. The Bertz CT molecular complexity index is 1070. The van der Waals surface area contributed by atoms with Crippen molar-refractivity contribution in [1.82, 2.24) is 9.80 Å². The molecule has 0 unspecified atom stereocenters. The molecular weight excluding hydrogens is 458 g/mol. The molecule has 0 atom stereocenters. The number of carbonyl (C=O) groups is 3. The van der Waals surface area contributed by atoms with E-state index in [1.54, 1.807) is 0 Å². The Morgan fingerprint density at radius 3 is 2.00 bits per heavy atom. The third kappa shape index (κ3) is 4.98. The van der Waals surface area contributed by atoms with Gasteiger partial charge in [-0.3, -0.25) is 19.3 Å². The fraction of sp³-hybridized carbons (Fsp3) is 0.200. The number of hydrogen-bond acceptors (Lipinski definition) is 4. The summed E-state index contributed by atoms with van der Waals surface area (Å²) < 4.78 is 39.1. The van der Waals surface area contributed by atoms with Crippen molar-refractivity contribution in [2.45, 2.75) is 12.7 Å². The Hall–Kier alpha value is -3.09. The van der Waals surface area contributed by atoms with E-state index >= 15 is 0 Å². The summed E-state index contributed by atoms with van der Waals surface area (Å²) in [5, 5.41) is 8.86. The zero-order valence-electron chi connectivity index (χ0n) is 15.5. The first-order chi connectivity index (χ1) is 14.5. The molecule has 0 N–H and O–H groups in total. The molecule has 0 aromatic heterocycles. The van der Waals surface area contributed by atoms with Gasteiger partial charge >= 0.3 is 6.18 Å². The van der Waals surface area contributed by atoms with Crippen LogP contribution in [0.1, 0.15) is 31.8 Å². The third-order valence-electron chi connectivity index (χ3n) is 4.48. The summed E-state index contributed by atoms with van der Waals surface area (Å²) in [6.07, 6.45) is -4.70. The average molecular weight is 470 g/mol. The van der Waals surface area contributed by atoms with Crippen LogP contribution < -0.4 is 0 Å². The Morgan fingerprint density at radius 2 is 1.55 bits per heavy atom. The molecule has 0 aliphatic carbocycles. The molecule has 1 aliphatic rings. The van der Waals surface area contributed by atoms with Gasteiger partial charge in [0.2, 0.25) is 5.91 Å². The van der Waals surface area contributed by atoms with Crippen molar-refractivity contribution in [2.24, 2.45) is 0 Å². The largest absolute Gasteiger partial charge is 0.406 e. The molecule has 160 valence electrons. The first-order valence-electron chi connectivity index (χ1n) is 8.69. The number of rotatable bonds is 5. The summed E-state index contributed by atoms with van der Waals surface area (Å²) in [5.74, 6) is -2.78. The number of halogens is 5. The summed E-state index contributed by atoms with van der Waals surface area (Å²) in [6, 6.07) is 9.88. The van der Waals surface area contributed by atoms with Crippen LogP contribution in [0.25, 0.3) is 0 Å². The van der Waals surface area contributed by atoms with Gasteiger partial charge in [-0.15, -0.1) is 0 Å².